The lowest BCUT2D eigenvalue weighted by molar-refractivity contribution is -0.143. The number of nitrogens with one attached hydrogen (secondary N) is 1. The molecule has 0 aliphatic carbocycles. The predicted molar refractivity (Wildman–Crippen MR) is 103 cm³/mol. The van der Waals surface area contributed by atoms with E-state index in [1.54, 1.807) is 0 Å². The van der Waals surface area contributed by atoms with Crippen molar-refractivity contribution in [1.29, 1.82) is 0 Å². The SMILES string of the molecule is CC(C(=O)NCCc1ccc2c(c1)OCCO2)N1CCC(C(=O)O)CC1.Cl. The summed E-state index contributed by atoms with van der Waals surface area (Å²) in [5.41, 5.74) is 1.09. The first-order valence-corrected chi connectivity index (χ1v) is 9.17. The molecule has 2 N–H and O–H groups in total. The monoisotopic (exact) mass is 398 g/mol. The number of nitrogens with zero attached hydrogens (tertiary/aromatic N) is 1. The minimum Gasteiger partial charge on any atom is -0.486 e. The number of carbonyl (C=O) groups excluding carboxylic acids is 1. The van der Waals surface area contributed by atoms with Crippen LogP contribution < -0.4 is 14.8 Å². The molecule has 3 rings (SSSR count). The van der Waals surface area contributed by atoms with E-state index in [0.29, 0.717) is 45.7 Å². The Morgan fingerprint density at radius 1 is 1.22 bits per heavy atom. The molecule has 8 heteroatoms. The number of carboxylic acids is 1. The Bertz CT molecular complexity index is 662. The van der Waals surface area contributed by atoms with Crippen LogP contribution in [0.1, 0.15) is 25.3 Å². The highest BCUT2D eigenvalue weighted by atomic mass is 35.5. The molecular formula is C19H27ClN2O5. The molecule has 7 nitrogen and oxygen atoms in total. The summed E-state index contributed by atoms with van der Waals surface area (Å²) >= 11 is 0. The topological polar surface area (TPSA) is 88.1 Å². The van der Waals surface area contributed by atoms with Crippen LogP contribution in [0.5, 0.6) is 11.5 Å². The standard InChI is InChI=1S/C19H26N2O5.ClH/c1-13(21-8-5-15(6-9-21)19(23)24)18(22)20-7-4-14-2-3-16-17(12-14)26-11-10-25-16;/h2-3,12-13,15H,4-11H2,1H3,(H,20,22)(H,23,24);1H. The molecule has 1 aromatic rings. The van der Waals surface area contributed by atoms with E-state index in [0.717, 1.165) is 23.5 Å². The zero-order chi connectivity index (χ0) is 18.5. The fourth-order valence-electron chi connectivity index (χ4n) is 3.42. The normalized spacial score (nSPS) is 18.3. The van der Waals surface area contributed by atoms with Crippen LogP contribution in [0.2, 0.25) is 0 Å². The lowest BCUT2D eigenvalue weighted by atomic mass is 9.96. The third kappa shape index (κ3) is 5.49. The molecule has 27 heavy (non-hydrogen) atoms. The first-order chi connectivity index (χ1) is 12.5. The molecule has 1 atom stereocenters. The molecule has 2 aliphatic heterocycles. The highest BCUT2D eigenvalue weighted by Crippen LogP contribution is 2.30. The van der Waals surface area contributed by atoms with Gasteiger partial charge < -0.3 is 19.9 Å². The number of amides is 1. The number of fused-ring (bicyclic) bond motifs is 1. The van der Waals surface area contributed by atoms with Crippen molar-refractivity contribution in [2.45, 2.75) is 32.2 Å². The molecule has 0 saturated carbocycles. The van der Waals surface area contributed by atoms with E-state index in [2.05, 4.69) is 10.2 Å². The molecule has 0 radical (unpaired) electrons. The minimum atomic E-state index is -0.735. The molecule has 0 bridgehead atoms. The average Bonchev–Trinajstić information content (AvgIpc) is 2.67. The Balaban J connectivity index is 0.00000261. The molecular weight excluding hydrogens is 372 g/mol. The van der Waals surface area contributed by atoms with Crippen molar-refractivity contribution in [3.8, 4) is 11.5 Å². The van der Waals surface area contributed by atoms with Crippen LogP contribution in [0, 0.1) is 5.92 Å². The molecule has 1 saturated heterocycles. The number of carboxylic acid groups (broad SMARTS) is 1. The van der Waals surface area contributed by atoms with E-state index in [1.807, 2.05) is 25.1 Å². The van der Waals surface area contributed by atoms with E-state index in [9.17, 15) is 9.59 Å². The number of hydrogen-bond acceptors (Lipinski definition) is 5. The molecule has 1 amide bonds. The van der Waals surface area contributed by atoms with Gasteiger partial charge in [0.05, 0.1) is 12.0 Å². The van der Waals surface area contributed by atoms with E-state index < -0.39 is 5.97 Å². The van der Waals surface area contributed by atoms with Crippen LogP contribution in [-0.2, 0) is 16.0 Å². The number of likely N-dealkylation sites (tertiary alicyclic amines) is 1. The Kier molecular flexibility index (Phi) is 7.74. The predicted octanol–water partition coefficient (Wildman–Crippen LogP) is 1.72. The maximum atomic E-state index is 12.4. The fourth-order valence-corrected chi connectivity index (χ4v) is 3.42. The molecule has 1 fully saturated rings. The number of aliphatic carboxylic acids is 1. The molecule has 1 unspecified atom stereocenters. The third-order valence-corrected chi connectivity index (χ3v) is 5.13. The zero-order valence-electron chi connectivity index (χ0n) is 15.5. The number of ether oxygens (including phenoxy) is 2. The summed E-state index contributed by atoms with van der Waals surface area (Å²) in [6.45, 7) is 4.85. The van der Waals surface area contributed by atoms with Crippen LogP contribution >= 0.6 is 12.4 Å². The van der Waals surface area contributed by atoms with Crippen LogP contribution in [0.3, 0.4) is 0 Å². The highest BCUT2D eigenvalue weighted by Gasteiger charge is 2.29. The first-order valence-electron chi connectivity index (χ1n) is 9.17. The molecule has 2 heterocycles. The van der Waals surface area contributed by atoms with Gasteiger partial charge in [0.25, 0.3) is 0 Å². The third-order valence-electron chi connectivity index (χ3n) is 5.13. The molecule has 2 aliphatic rings. The summed E-state index contributed by atoms with van der Waals surface area (Å²) in [5, 5.41) is 12.0. The van der Waals surface area contributed by atoms with Crippen molar-refractivity contribution in [2.75, 3.05) is 32.8 Å². The zero-order valence-corrected chi connectivity index (χ0v) is 16.3. The fraction of sp³-hybridized carbons (Fsp3) is 0.579. The largest absolute Gasteiger partial charge is 0.486 e. The van der Waals surface area contributed by atoms with Gasteiger partial charge >= 0.3 is 5.97 Å². The quantitative estimate of drug-likeness (QED) is 0.758. The summed E-state index contributed by atoms with van der Waals surface area (Å²) in [6.07, 6.45) is 1.92. The molecule has 0 aromatic heterocycles. The summed E-state index contributed by atoms with van der Waals surface area (Å²) in [4.78, 5) is 25.4. The van der Waals surface area contributed by atoms with Crippen molar-refractivity contribution in [2.24, 2.45) is 5.92 Å². The summed E-state index contributed by atoms with van der Waals surface area (Å²) in [6, 6.07) is 5.60. The van der Waals surface area contributed by atoms with Crippen LogP contribution in [-0.4, -0.2) is 60.8 Å². The molecule has 150 valence electrons. The maximum Gasteiger partial charge on any atom is 0.306 e. The van der Waals surface area contributed by atoms with Gasteiger partial charge in [-0.3, -0.25) is 14.5 Å². The van der Waals surface area contributed by atoms with Crippen LogP contribution in [0.4, 0.5) is 0 Å². The number of halogens is 1. The number of hydrogen-bond donors (Lipinski definition) is 2. The number of carbonyl (C=O) groups is 2. The summed E-state index contributed by atoms with van der Waals surface area (Å²) in [5.74, 6) is 0.492. The lowest BCUT2D eigenvalue weighted by Crippen LogP contribution is -2.49. The van der Waals surface area contributed by atoms with Crippen molar-refractivity contribution in [3.05, 3.63) is 23.8 Å². The Morgan fingerprint density at radius 3 is 2.56 bits per heavy atom. The minimum absolute atomic E-state index is 0. The maximum absolute atomic E-state index is 12.4. The Labute approximate surface area is 165 Å². The molecule has 1 aromatic carbocycles. The van der Waals surface area contributed by atoms with Crippen LogP contribution in [0.15, 0.2) is 18.2 Å². The van der Waals surface area contributed by atoms with E-state index >= 15 is 0 Å². The van der Waals surface area contributed by atoms with Crippen molar-refractivity contribution < 1.29 is 24.2 Å². The van der Waals surface area contributed by atoms with E-state index in [-0.39, 0.29) is 30.3 Å². The van der Waals surface area contributed by atoms with Gasteiger partial charge in [-0.05, 0) is 57.0 Å². The van der Waals surface area contributed by atoms with E-state index in [4.69, 9.17) is 14.6 Å². The van der Waals surface area contributed by atoms with Gasteiger partial charge in [-0.2, -0.15) is 0 Å². The van der Waals surface area contributed by atoms with Crippen LogP contribution in [0.25, 0.3) is 0 Å². The first kappa shape index (κ1) is 21.3. The summed E-state index contributed by atoms with van der Waals surface area (Å²) in [7, 11) is 0. The van der Waals surface area contributed by atoms with Gasteiger partial charge in [0.2, 0.25) is 5.91 Å². The number of piperidine rings is 1. The van der Waals surface area contributed by atoms with Gasteiger partial charge in [-0.15, -0.1) is 12.4 Å². The Hall–Kier alpha value is -1.99. The second-order valence-corrected chi connectivity index (χ2v) is 6.84. The Morgan fingerprint density at radius 2 is 1.89 bits per heavy atom. The lowest BCUT2D eigenvalue weighted by Gasteiger charge is -2.33. The number of rotatable bonds is 6. The number of benzene rings is 1. The average molecular weight is 399 g/mol. The smallest absolute Gasteiger partial charge is 0.306 e. The van der Waals surface area contributed by atoms with Crippen molar-refractivity contribution in [1.82, 2.24) is 10.2 Å². The van der Waals surface area contributed by atoms with Crippen molar-refractivity contribution in [3.63, 3.8) is 0 Å². The van der Waals surface area contributed by atoms with Gasteiger partial charge in [0, 0.05) is 6.54 Å². The van der Waals surface area contributed by atoms with E-state index in [1.165, 1.54) is 0 Å². The van der Waals surface area contributed by atoms with Gasteiger partial charge in [0.1, 0.15) is 13.2 Å². The van der Waals surface area contributed by atoms with Gasteiger partial charge in [0.15, 0.2) is 11.5 Å². The van der Waals surface area contributed by atoms with Gasteiger partial charge in [-0.1, -0.05) is 6.07 Å². The second kappa shape index (κ2) is 9.80. The highest BCUT2D eigenvalue weighted by molar-refractivity contribution is 5.85. The second-order valence-electron chi connectivity index (χ2n) is 6.84. The summed E-state index contributed by atoms with van der Waals surface area (Å²) < 4.78 is 11.1. The molecule has 0 spiro atoms. The van der Waals surface area contributed by atoms with Gasteiger partial charge in [-0.25, -0.2) is 0 Å². The van der Waals surface area contributed by atoms with Crippen molar-refractivity contribution >= 4 is 24.3 Å².